The van der Waals surface area contributed by atoms with Gasteiger partial charge in [-0.1, -0.05) is 0 Å². The van der Waals surface area contributed by atoms with Crippen LogP contribution in [-0.4, -0.2) is 32.1 Å². The first kappa shape index (κ1) is 10.0. The molecule has 0 saturated heterocycles. The molecule has 0 radical (unpaired) electrons. The largest absolute Gasteiger partial charge is 0.480 e. The molecule has 0 aromatic rings. The molecule has 0 aliphatic carbocycles. The van der Waals surface area contributed by atoms with Gasteiger partial charge < -0.3 is 10.8 Å². The van der Waals surface area contributed by atoms with Crippen LogP contribution in [0.2, 0.25) is 0 Å². The maximum absolute atomic E-state index is 10.1. The Morgan fingerprint density at radius 3 is 2.55 bits per heavy atom. The van der Waals surface area contributed by atoms with Crippen LogP contribution in [0.5, 0.6) is 0 Å². The highest BCUT2D eigenvalue weighted by Crippen LogP contribution is 1.87. The number of rotatable bonds is 4. The van der Waals surface area contributed by atoms with Crippen molar-refractivity contribution in [1.29, 1.82) is 0 Å². The molecule has 64 valence electrons. The van der Waals surface area contributed by atoms with E-state index in [-0.39, 0.29) is 13.0 Å². The summed E-state index contributed by atoms with van der Waals surface area (Å²) in [4.78, 5) is 10.1. The van der Waals surface area contributed by atoms with E-state index in [1.807, 2.05) is 0 Å². The number of hydrogen-bond donors (Lipinski definition) is 2. The SMILES string of the molecule is NC(CCN=S(=O)=O)C(=O)O. The molecule has 0 spiro atoms. The van der Waals surface area contributed by atoms with Crippen LogP contribution >= 0.6 is 0 Å². The third-order valence-electron chi connectivity index (χ3n) is 0.954. The lowest BCUT2D eigenvalue weighted by Gasteiger charge is -2.00. The summed E-state index contributed by atoms with van der Waals surface area (Å²) in [6.45, 7) is -0.0798. The Labute approximate surface area is 64.7 Å². The predicted molar refractivity (Wildman–Crippen MR) is 36.4 cm³/mol. The second kappa shape index (κ2) is 4.80. The maximum Gasteiger partial charge on any atom is 0.320 e. The lowest BCUT2D eigenvalue weighted by Crippen LogP contribution is -2.30. The summed E-state index contributed by atoms with van der Waals surface area (Å²) in [5.74, 6) is -1.16. The van der Waals surface area contributed by atoms with Crippen molar-refractivity contribution in [3.8, 4) is 0 Å². The normalized spacial score (nSPS) is 12.1. The molecule has 0 aliphatic rings. The Balaban J connectivity index is 3.72. The van der Waals surface area contributed by atoms with E-state index >= 15 is 0 Å². The van der Waals surface area contributed by atoms with Crippen LogP contribution < -0.4 is 5.73 Å². The van der Waals surface area contributed by atoms with Gasteiger partial charge in [0.05, 0.1) is 6.54 Å². The number of carboxylic acid groups (broad SMARTS) is 1. The molecule has 0 amide bonds. The van der Waals surface area contributed by atoms with E-state index in [2.05, 4.69) is 4.36 Å². The van der Waals surface area contributed by atoms with Crippen LogP contribution in [0.15, 0.2) is 4.36 Å². The van der Waals surface area contributed by atoms with Crippen molar-refractivity contribution in [2.45, 2.75) is 12.5 Å². The van der Waals surface area contributed by atoms with Gasteiger partial charge >= 0.3 is 16.5 Å². The second-order valence-electron chi connectivity index (χ2n) is 1.80. The highest BCUT2D eigenvalue weighted by Gasteiger charge is 2.09. The third kappa shape index (κ3) is 5.49. The van der Waals surface area contributed by atoms with Gasteiger partial charge in [-0.2, -0.15) is 12.8 Å². The average molecular weight is 180 g/mol. The zero-order valence-electron chi connectivity index (χ0n) is 5.60. The zero-order chi connectivity index (χ0) is 8.85. The monoisotopic (exact) mass is 180 g/mol. The van der Waals surface area contributed by atoms with Crippen LogP contribution in [0.1, 0.15) is 6.42 Å². The number of aliphatic carboxylic acids is 1. The minimum absolute atomic E-state index is 0.0311. The fraction of sp³-hybridized carbons (Fsp3) is 0.750. The highest BCUT2D eigenvalue weighted by atomic mass is 32.2. The summed E-state index contributed by atoms with van der Waals surface area (Å²) < 4.78 is 22.6. The molecule has 0 saturated carbocycles. The molecule has 0 aliphatic heterocycles. The van der Waals surface area contributed by atoms with Gasteiger partial charge in [-0.25, -0.2) is 0 Å². The van der Waals surface area contributed by atoms with E-state index in [1.54, 1.807) is 0 Å². The Kier molecular flexibility index (Phi) is 4.39. The van der Waals surface area contributed by atoms with Crippen LogP contribution in [0.3, 0.4) is 0 Å². The van der Waals surface area contributed by atoms with Gasteiger partial charge in [-0.3, -0.25) is 4.79 Å². The summed E-state index contributed by atoms with van der Waals surface area (Å²) in [5.41, 5.74) is 5.04. The molecule has 0 rings (SSSR count). The van der Waals surface area contributed by atoms with E-state index in [0.29, 0.717) is 0 Å². The maximum atomic E-state index is 10.1. The molecule has 11 heavy (non-hydrogen) atoms. The molecule has 1 unspecified atom stereocenters. The first-order valence-electron chi connectivity index (χ1n) is 2.79. The first-order chi connectivity index (χ1) is 5.04. The highest BCUT2D eigenvalue weighted by molar-refractivity contribution is 7.61. The van der Waals surface area contributed by atoms with Crippen molar-refractivity contribution >= 4 is 16.5 Å². The van der Waals surface area contributed by atoms with Crippen LogP contribution in [0.25, 0.3) is 0 Å². The van der Waals surface area contributed by atoms with Gasteiger partial charge in [0.25, 0.3) is 0 Å². The van der Waals surface area contributed by atoms with Gasteiger partial charge in [0, 0.05) is 0 Å². The summed E-state index contributed by atoms with van der Waals surface area (Å²) in [5, 5.41) is 8.23. The van der Waals surface area contributed by atoms with E-state index < -0.39 is 22.5 Å². The number of nitrogens with two attached hydrogens (primary N) is 1. The molecule has 0 bridgehead atoms. The molecule has 0 heterocycles. The van der Waals surface area contributed by atoms with E-state index in [1.165, 1.54) is 0 Å². The molecular weight excluding hydrogens is 172 g/mol. The summed E-state index contributed by atoms with van der Waals surface area (Å²) in [6.07, 6.45) is 0.0311. The second-order valence-corrected chi connectivity index (χ2v) is 2.50. The van der Waals surface area contributed by atoms with E-state index in [9.17, 15) is 13.2 Å². The summed E-state index contributed by atoms with van der Waals surface area (Å²) in [6, 6.07) is -1.04. The first-order valence-corrected chi connectivity index (χ1v) is 3.82. The molecule has 6 nitrogen and oxygen atoms in total. The Hall–Kier alpha value is -0.950. The van der Waals surface area contributed by atoms with E-state index in [0.717, 1.165) is 0 Å². The van der Waals surface area contributed by atoms with Crippen LogP contribution in [0.4, 0.5) is 0 Å². The van der Waals surface area contributed by atoms with Gasteiger partial charge in [0.1, 0.15) is 6.04 Å². The summed E-state index contributed by atoms with van der Waals surface area (Å²) >= 11 is 0. The fourth-order valence-corrected chi connectivity index (χ4v) is 0.644. The molecule has 0 aromatic heterocycles. The number of hydrogen-bond acceptors (Lipinski definition) is 5. The Morgan fingerprint density at radius 1 is 1.64 bits per heavy atom. The number of carbonyl (C=O) groups is 1. The topological polar surface area (TPSA) is 110 Å². The van der Waals surface area contributed by atoms with Crippen molar-refractivity contribution < 1.29 is 18.3 Å². The molecule has 0 fully saturated rings. The zero-order valence-corrected chi connectivity index (χ0v) is 6.41. The van der Waals surface area contributed by atoms with Crippen LogP contribution in [0, 0.1) is 0 Å². The quantitative estimate of drug-likeness (QED) is 0.567. The van der Waals surface area contributed by atoms with Gasteiger partial charge in [0.2, 0.25) is 0 Å². The Bertz CT molecular complexity index is 249. The van der Waals surface area contributed by atoms with Crippen molar-refractivity contribution in [2.75, 3.05) is 6.54 Å². The van der Waals surface area contributed by atoms with Crippen molar-refractivity contribution in [3.05, 3.63) is 0 Å². The molecular formula is C4H8N2O4S. The lowest BCUT2D eigenvalue weighted by molar-refractivity contribution is -0.138. The molecule has 7 heteroatoms. The fourth-order valence-electron chi connectivity index (χ4n) is 0.390. The van der Waals surface area contributed by atoms with Gasteiger partial charge in [0.15, 0.2) is 0 Å². The minimum atomic E-state index is -2.47. The summed E-state index contributed by atoms with van der Waals surface area (Å²) in [7, 11) is -2.47. The van der Waals surface area contributed by atoms with Crippen molar-refractivity contribution in [2.24, 2.45) is 10.1 Å². The van der Waals surface area contributed by atoms with Gasteiger partial charge in [-0.05, 0) is 6.42 Å². The van der Waals surface area contributed by atoms with Gasteiger partial charge in [-0.15, -0.1) is 0 Å². The average Bonchev–Trinajstić information content (AvgIpc) is 1.86. The Morgan fingerprint density at radius 2 is 2.18 bits per heavy atom. The minimum Gasteiger partial charge on any atom is -0.480 e. The predicted octanol–water partition coefficient (Wildman–Crippen LogP) is -1.15. The molecule has 3 N–H and O–H groups in total. The van der Waals surface area contributed by atoms with E-state index in [4.69, 9.17) is 10.8 Å². The van der Waals surface area contributed by atoms with Crippen molar-refractivity contribution in [1.82, 2.24) is 0 Å². The third-order valence-corrected chi connectivity index (χ3v) is 1.35. The standard InChI is InChI=1S/C4H8N2O4S/c5-3(4(7)8)1-2-6-11(9)10/h3H,1-2,5H2,(H,7,8). The number of nitrogens with zero attached hydrogens (tertiary/aromatic N) is 1. The van der Waals surface area contributed by atoms with Crippen LogP contribution in [-0.2, 0) is 15.3 Å². The lowest BCUT2D eigenvalue weighted by atomic mass is 10.2. The smallest absolute Gasteiger partial charge is 0.320 e. The molecule has 1 atom stereocenters. The molecule has 0 aromatic carbocycles. The number of carboxylic acids is 1. The van der Waals surface area contributed by atoms with Crippen molar-refractivity contribution in [3.63, 3.8) is 0 Å².